The number of amides is 1. The van der Waals surface area contributed by atoms with Crippen molar-refractivity contribution in [2.24, 2.45) is 0 Å². The highest BCUT2D eigenvalue weighted by Crippen LogP contribution is 2.25. The molecule has 1 atom stereocenters. The van der Waals surface area contributed by atoms with Gasteiger partial charge in [-0.3, -0.25) is 14.2 Å². The molecule has 1 aromatic heterocycles. The molecule has 1 heterocycles. The molecule has 0 spiro atoms. The van der Waals surface area contributed by atoms with Crippen LogP contribution in [0.15, 0.2) is 65.1 Å². The number of hydrogen-bond donors (Lipinski definition) is 1. The van der Waals surface area contributed by atoms with E-state index in [4.69, 9.17) is 11.6 Å². The standard InChI is InChI=1S/C20H17ClFN3O2S/c1-3-10-25-19(27)14-9-8-13(21)11-17(14)24-20(25)28-12(2)18(26)23-16-7-5-4-6-15(16)22/h3-9,11-12H,1,10H2,2H3,(H,23,26)/t12-/m1/s1. The molecule has 1 N–H and O–H groups in total. The van der Waals surface area contributed by atoms with Gasteiger partial charge < -0.3 is 5.32 Å². The number of benzene rings is 2. The number of nitrogens with one attached hydrogen (secondary N) is 1. The van der Waals surface area contributed by atoms with Crippen LogP contribution in [0.2, 0.25) is 5.02 Å². The van der Waals surface area contributed by atoms with Gasteiger partial charge in [-0.15, -0.1) is 6.58 Å². The van der Waals surface area contributed by atoms with Gasteiger partial charge >= 0.3 is 0 Å². The fourth-order valence-electron chi connectivity index (χ4n) is 2.56. The monoisotopic (exact) mass is 417 g/mol. The number of nitrogens with zero attached hydrogens (tertiary/aromatic N) is 2. The zero-order valence-electron chi connectivity index (χ0n) is 15.0. The average Bonchev–Trinajstić information content (AvgIpc) is 2.66. The fraction of sp³-hybridized carbons (Fsp3) is 0.150. The quantitative estimate of drug-likeness (QED) is 0.364. The number of para-hydroxylation sites is 1. The zero-order valence-corrected chi connectivity index (χ0v) is 16.6. The minimum atomic E-state index is -0.626. The van der Waals surface area contributed by atoms with Crippen molar-refractivity contribution in [2.75, 3.05) is 5.32 Å². The maximum atomic E-state index is 13.8. The highest BCUT2D eigenvalue weighted by atomic mass is 35.5. The Balaban J connectivity index is 1.92. The van der Waals surface area contributed by atoms with Gasteiger partial charge in [0.25, 0.3) is 5.56 Å². The summed E-state index contributed by atoms with van der Waals surface area (Å²) in [5.41, 5.74) is 0.300. The summed E-state index contributed by atoms with van der Waals surface area (Å²) in [7, 11) is 0. The Morgan fingerprint density at radius 3 is 2.86 bits per heavy atom. The van der Waals surface area contributed by atoms with Crippen molar-refractivity contribution in [1.29, 1.82) is 0 Å². The zero-order chi connectivity index (χ0) is 20.3. The Labute approximate surface area is 170 Å². The molecule has 0 aliphatic heterocycles. The number of hydrogen-bond acceptors (Lipinski definition) is 4. The topological polar surface area (TPSA) is 64.0 Å². The van der Waals surface area contributed by atoms with Crippen LogP contribution in [0.5, 0.6) is 0 Å². The minimum absolute atomic E-state index is 0.0988. The number of carbonyl (C=O) groups is 1. The molecule has 3 rings (SSSR count). The lowest BCUT2D eigenvalue weighted by Gasteiger charge is -2.16. The Hall–Kier alpha value is -2.64. The number of halogens is 2. The van der Waals surface area contributed by atoms with E-state index in [2.05, 4.69) is 16.9 Å². The van der Waals surface area contributed by atoms with Crippen molar-refractivity contribution in [3.05, 3.63) is 76.3 Å². The second-order valence-electron chi connectivity index (χ2n) is 5.99. The van der Waals surface area contributed by atoms with Crippen LogP contribution < -0.4 is 10.9 Å². The smallest absolute Gasteiger partial charge is 0.262 e. The lowest BCUT2D eigenvalue weighted by molar-refractivity contribution is -0.115. The molecule has 0 aliphatic carbocycles. The van der Waals surface area contributed by atoms with Crippen LogP contribution in [-0.2, 0) is 11.3 Å². The van der Waals surface area contributed by atoms with Crippen LogP contribution in [0.25, 0.3) is 10.9 Å². The fourth-order valence-corrected chi connectivity index (χ4v) is 3.65. The number of thioether (sulfide) groups is 1. The van der Waals surface area contributed by atoms with E-state index in [0.29, 0.717) is 21.1 Å². The minimum Gasteiger partial charge on any atom is -0.323 e. The average molecular weight is 418 g/mol. The molecule has 0 saturated carbocycles. The Morgan fingerprint density at radius 2 is 2.14 bits per heavy atom. The normalized spacial score (nSPS) is 12.0. The van der Waals surface area contributed by atoms with Gasteiger partial charge in [0.05, 0.1) is 21.8 Å². The molecule has 28 heavy (non-hydrogen) atoms. The van der Waals surface area contributed by atoms with E-state index in [1.807, 2.05) is 0 Å². The van der Waals surface area contributed by atoms with E-state index >= 15 is 0 Å². The number of allylic oxidation sites excluding steroid dienone is 1. The van der Waals surface area contributed by atoms with Gasteiger partial charge in [-0.1, -0.05) is 41.6 Å². The maximum Gasteiger partial charge on any atom is 0.262 e. The third-order valence-electron chi connectivity index (χ3n) is 3.98. The first-order chi connectivity index (χ1) is 13.4. The largest absolute Gasteiger partial charge is 0.323 e. The molecule has 8 heteroatoms. The molecule has 0 fully saturated rings. The number of anilines is 1. The van der Waals surface area contributed by atoms with Crippen molar-refractivity contribution in [3.8, 4) is 0 Å². The second-order valence-corrected chi connectivity index (χ2v) is 7.73. The highest BCUT2D eigenvalue weighted by molar-refractivity contribution is 8.00. The van der Waals surface area contributed by atoms with Crippen molar-refractivity contribution >= 4 is 45.9 Å². The molecule has 1 amide bonds. The first-order valence-electron chi connectivity index (χ1n) is 8.43. The predicted molar refractivity (Wildman–Crippen MR) is 112 cm³/mol. The molecular weight excluding hydrogens is 401 g/mol. The van der Waals surface area contributed by atoms with Crippen molar-refractivity contribution < 1.29 is 9.18 Å². The summed E-state index contributed by atoms with van der Waals surface area (Å²) in [6.07, 6.45) is 1.58. The number of rotatable bonds is 6. The SMILES string of the molecule is C=CCn1c(S[C@H](C)C(=O)Nc2ccccc2F)nc2cc(Cl)ccc2c1=O. The molecule has 0 bridgehead atoms. The molecular formula is C20H17ClFN3O2S. The van der Waals surface area contributed by atoms with Crippen molar-refractivity contribution in [2.45, 2.75) is 23.9 Å². The first kappa shape index (κ1) is 20.1. The van der Waals surface area contributed by atoms with Crippen LogP contribution in [0.3, 0.4) is 0 Å². The molecule has 0 saturated heterocycles. The summed E-state index contributed by atoms with van der Waals surface area (Å²) in [6, 6.07) is 10.8. The van der Waals surface area contributed by atoms with Gasteiger partial charge in [-0.05, 0) is 37.3 Å². The van der Waals surface area contributed by atoms with E-state index in [9.17, 15) is 14.0 Å². The third-order valence-corrected chi connectivity index (χ3v) is 5.30. The Morgan fingerprint density at radius 1 is 1.39 bits per heavy atom. The van der Waals surface area contributed by atoms with Crippen LogP contribution in [0, 0.1) is 5.82 Å². The Bertz CT molecular complexity index is 1120. The van der Waals surface area contributed by atoms with Gasteiger partial charge in [-0.25, -0.2) is 9.37 Å². The number of fused-ring (bicyclic) bond motifs is 1. The molecule has 144 valence electrons. The van der Waals surface area contributed by atoms with E-state index in [0.717, 1.165) is 11.8 Å². The van der Waals surface area contributed by atoms with Crippen LogP contribution >= 0.6 is 23.4 Å². The molecule has 0 radical (unpaired) electrons. The van der Waals surface area contributed by atoms with Crippen LogP contribution in [0.1, 0.15) is 6.92 Å². The summed E-state index contributed by atoms with van der Waals surface area (Å²) in [6.45, 7) is 5.58. The summed E-state index contributed by atoms with van der Waals surface area (Å²) >= 11 is 7.12. The maximum absolute atomic E-state index is 13.8. The third kappa shape index (κ3) is 4.26. The van der Waals surface area contributed by atoms with E-state index in [1.54, 1.807) is 43.3 Å². The van der Waals surface area contributed by atoms with Crippen LogP contribution in [-0.4, -0.2) is 20.7 Å². The highest BCUT2D eigenvalue weighted by Gasteiger charge is 2.20. The molecule has 2 aromatic carbocycles. The van der Waals surface area contributed by atoms with Gasteiger partial charge in [0.2, 0.25) is 5.91 Å². The number of aromatic nitrogens is 2. The van der Waals surface area contributed by atoms with Crippen molar-refractivity contribution in [3.63, 3.8) is 0 Å². The summed E-state index contributed by atoms with van der Waals surface area (Å²) in [4.78, 5) is 29.8. The lowest BCUT2D eigenvalue weighted by atomic mass is 10.2. The van der Waals surface area contributed by atoms with E-state index in [-0.39, 0.29) is 17.8 Å². The lowest BCUT2D eigenvalue weighted by Crippen LogP contribution is -2.27. The number of carbonyl (C=O) groups excluding carboxylic acids is 1. The molecule has 5 nitrogen and oxygen atoms in total. The summed E-state index contributed by atoms with van der Waals surface area (Å²) in [5, 5.41) is 3.17. The van der Waals surface area contributed by atoms with E-state index < -0.39 is 17.0 Å². The van der Waals surface area contributed by atoms with Crippen molar-refractivity contribution in [1.82, 2.24) is 9.55 Å². The first-order valence-corrected chi connectivity index (χ1v) is 9.69. The van der Waals surface area contributed by atoms with Gasteiger partial charge in [0.15, 0.2) is 5.16 Å². The second kappa shape index (κ2) is 8.58. The molecule has 0 unspecified atom stereocenters. The van der Waals surface area contributed by atoms with Gasteiger partial charge in [0.1, 0.15) is 5.82 Å². The van der Waals surface area contributed by atoms with Gasteiger partial charge in [0, 0.05) is 11.6 Å². The predicted octanol–water partition coefficient (Wildman–Crippen LogP) is 4.49. The molecule has 3 aromatic rings. The van der Waals surface area contributed by atoms with Crippen LogP contribution in [0.4, 0.5) is 10.1 Å². The van der Waals surface area contributed by atoms with Gasteiger partial charge in [-0.2, -0.15) is 0 Å². The van der Waals surface area contributed by atoms with E-state index in [1.165, 1.54) is 16.7 Å². The summed E-state index contributed by atoms with van der Waals surface area (Å²) < 4.78 is 15.2. The summed E-state index contributed by atoms with van der Waals surface area (Å²) in [5.74, 6) is -0.921. The Kier molecular flexibility index (Phi) is 6.16. The molecule has 0 aliphatic rings.